The normalized spacial score (nSPS) is 26.2. The number of likely N-dealkylation sites (tertiary alicyclic amines) is 2. The van der Waals surface area contributed by atoms with Crippen LogP contribution < -0.4 is 5.32 Å². The molecular weight excluding hydrogens is 250 g/mol. The Morgan fingerprint density at radius 2 is 1.85 bits per heavy atom. The molecule has 0 bridgehead atoms. The molecule has 2 unspecified atom stereocenters. The van der Waals surface area contributed by atoms with Crippen LogP contribution in [0.1, 0.15) is 46.5 Å². The topological polar surface area (TPSA) is 35.6 Å². The number of rotatable bonds is 5. The summed E-state index contributed by atoms with van der Waals surface area (Å²) in [5.74, 6) is 0.998. The second kappa shape index (κ2) is 7.41. The van der Waals surface area contributed by atoms with Gasteiger partial charge in [-0.3, -0.25) is 4.79 Å². The second-order valence-electron chi connectivity index (χ2n) is 6.76. The molecule has 0 spiro atoms. The third kappa shape index (κ3) is 4.19. The zero-order chi connectivity index (χ0) is 14.5. The molecule has 0 saturated carbocycles. The number of carbonyl (C=O) groups is 1. The number of amides is 1. The minimum absolute atomic E-state index is 0.0267. The number of hydrogen-bond donors (Lipinski definition) is 1. The monoisotopic (exact) mass is 281 g/mol. The van der Waals surface area contributed by atoms with Crippen molar-refractivity contribution in [2.45, 2.75) is 58.5 Å². The van der Waals surface area contributed by atoms with Crippen LogP contribution in [0.25, 0.3) is 0 Å². The number of carbonyl (C=O) groups excluding carboxylic acids is 1. The van der Waals surface area contributed by atoms with Gasteiger partial charge in [-0.25, -0.2) is 0 Å². The van der Waals surface area contributed by atoms with E-state index in [1.807, 2.05) is 11.8 Å². The van der Waals surface area contributed by atoms with Crippen LogP contribution in [0.15, 0.2) is 0 Å². The van der Waals surface area contributed by atoms with Crippen molar-refractivity contribution in [2.24, 2.45) is 5.92 Å². The van der Waals surface area contributed by atoms with Crippen LogP contribution in [0.4, 0.5) is 0 Å². The summed E-state index contributed by atoms with van der Waals surface area (Å²) in [6.45, 7) is 11.8. The van der Waals surface area contributed by atoms with Gasteiger partial charge in [0.2, 0.25) is 5.91 Å². The largest absolute Gasteiger partial charge is 0.341 e. The zero-order valence-corrected chi connectivity index (χ0v) is 13.4. The van der Waals surface area contributed by atoms with Crippen molar-refractivity contribution >= 4 is 5.91 Å². The van der Waals surface area contributed by atoms with Crippen LogP contribution in [0.5, 0.6) is 0 Å². The second-order valence-corrected chi connectivity index (χ2v) is 6.76. The van der Waals surface area contributed by atoms with Crippen molar-refractivity contribution < 1.29 is 4.79 Å². The SMILES string of the molecule is CC(NCC1CCN(C(C)C)C1)C(=O)N1CCCCC1. The third-order valence-corrected chi connectivity index (χ3v) is 4.80. The minimum Gasteiger partial charge on any atom is -0.341 e. The highest BCUT2D eigenvalue weighted by Gasteiger charge is 2.26. The van der Waals surface area contributed by atoms with Crippen molar-refractivity contribution in [3.63, 3.8) is 0 Å². The first kappa shape index (κ1) is 15.8. The van der Waals surface area contributed by atoms with E-state index in [1.54, 1.807) is 0 Å². The van der Waals surface area contributed by atoms with E-state index in [-0.39, 0.29) is 6.04 Å². The maximum Gasteiger partial charge on any atom is 0.239 e. The molecule has 0 aliphatic carbocycles. The summed E-state index contributed by atoms with van der Waals surface area (Å²) in [6.07, 6.45) is 4.88. The van der Waals surface area contributed by atoms with Crippen LogP contribution in [-0.2, 0) is 4.79 Å². The average Bonchev–Trinajstić information content (AvgIpc) is 2.94. The Morgan fingerprint density at radius 3 is 2.45 bits per heavy atom. The van der Waals surface area contributed by atoms with Gasteiger partial charge in [-0.15, -0.1) is 0 Å². The zero-order valence-electron chi connectivity index (χ0n) is 13.4. The number of piperidine rings is 1. The standard InChI is InChI=1S/C16H31N3O/c1-13(2)19-10-7-15(12-19)11-17-14(3)16(20)18-8-5-4-6-9-18/h13-15,17H,4-12H2,1-3H3. The van der Waals surface area contributed by atoms with Gasteiger partial charge >= 0.3 is 0 Å². The molecule has 0 aromatic heterocycles. The van der Waals surface area contributed by atoms with Gasteiger partial charge in [-0.05, 0) is 65.5 Å². The molecule has 1 amide bonds. The van der Waals surface area contributed by atoms with Gasteiger partial charge in [0.05, 0.1) is 6.04 Å². The molecule has 0 aromatic rings. The summed E-state index contributed by atoms with van der Waals surface area (Å²) in [4.78, 5) is 16.9. The Kier molecular flexibility index (Phi) is 5.85. The quantitative estimate of drug-likeness (QED) is 0.833. The number of hydrogen-bond acceptors (Lipinski definition) is 3. The van der Waals surface area contributed by atoms with E-state index in [4.69, 9.17) is 0 Å². The highest BCUT2D eigenvalue weighted by Crippen LogP contribution is 2.18. The Bertz CT molecular complexity index is 313. The van der Waals surface area contributed by atoms with Gasteiger partial charge < -0.3 is 15.1 Å². The van der Waals surface area contributed by atoms with Gasteiger partial charge in [0.1, 0.15) is 0 Å². The lowest BCUT2D eigenvalue weighted by Crippen LogP contribution is -2.48. The molecule has 2 heterocycles. The summed E-state index contributed by atoms with van der Waals surface area (Å²) in [7, 11) is 0. The molecule has 2 rings (SSSR count). The predicted molar refractivity (Wildman–Crippen MR) is 82.7 cm³/mol. The fraction of sp³-hybridized carbons (Fsp3) is 0.938. The Hall–Kier alpha value is -0.610. The van der Waals surface area contributed by atoms with Crippen molar-refractivity contribution in [2.75, 3.05) is 32.7 Å². The highest BCUT2D eigenvalue weighted by molar-refractivity contribution is 5.81. The van der Waals surface area contributed by atoms with Crippen LogP contribution in [0.2, 0.25) is 0 Å². The van der Waals surface area contributed by atoms with Crippen molar-refractivity contribution in [1.82, 2.24) is 15.1 Å². The summed E-state index contributed by atoms with van der Waals surface area (Å²) < 4.78 is 0. The lowest BCUT2D eigenvalue weighted by atomic mass is 10.1. The van der Waals surface area contributed by atoms with Crippen LogP contribution in [-0.4, -0.2) is 60.5 Å². The van der Waals surface area contributed by atoms with Gasteiger partial charge in [0.15, 0.2) is 0 Å². The molecule has 0 aromatic carbocycles. The molecule has 20 heavy (non-hydrogen) atoms. The van der Waals surface area contributed by atoms with E-state index in [1.165, 1.54) is 38.8 Å². The fourth-order valence-corrected chi connectivity index (χ4v) is 3.32. The molecule has 2 aliphatic rings. The molecule has 116 valence electrons. The van der Waals surface area contributed by atoms with Crippen molar-refractivity contribution in [1.29, 1.82) is 0 Å². The van der Waals surface area contributed by atoms with Gasteiger partial charge in [0, 0.05) is 25.7 Å². The Balaban J connectivity index is 1.69. The molecular formula is C16H31N3O. The van der Waals surface area contributed by atoms with Crippen LogP contribution in [0, 0.1) is 5.92 Å². The molecule has 1 N–H and O–H groups in total. The fourth-order valence-electron chi connectivity index (χ4n) is 3.32. The third-order valence-electron chi connectivity index (χ3n) is 4.80. The molecule has 2 fully saturated rings. The smallest absolute Gasteiger partial charge is 0.239 e. The number of nitrogens with one attached hydrogen (secondary N) is 1. The van der Waals surface area contributed by atoms with E-state index in [9.17, 15) is 4.79 Å². The highest BCUT2D eigenvalue weighted by atomic mass is 16.2. The van der Waals surface area contributed by atoms with Crippen LogP contribution in [0.3, 0.4) is 0 Å². The lowest BCUT2D eigenvalue weighted by molar-refractivity contribution is -0.133. The molecule has 2 saturated heterocycles. The summed E-state index contributed by atoms with van der Waals surface area (Å²) in [5.41, 5.74) is 0. The van der Waals surface area contributed by atoms with Gasteiger partial charge in [-0.2, -0.15) is 0 Å². The number of nitrogens with zero attached hydrogens (tertiary/aromatic N) is 2. The molecule has 4 heteroatoms. The maximum absolute atomic E-state index is 12.3. The lowest BCUT2D eigenvalue weighted by Gasteiger charge is -2.30. The Labute approximate surface area is 123 Å². The summed E-state index contributed by atoms with van der Waals surface area (Å²) >= 11 is 0. The van der Waals surface area contributed by atoms with Gasteiger partial charge in [-0.1, -0.05) is 0 Å². The van der Waals surface area contributed by atoms with E-state index >= 15 is 0 Å². The predicted octanol–water partition coefficient (Wildman–Crippen LogP) is 1.71. The average molecular weight is 281 g/mol. The van der Waals surface area contributed by atoms with Crippen molar-refractivity contribution in [3.05, 3.63) is 0 Å². The molecule has 2 aliphatic heterocycles. The first-order valence-electron chi connectivity index (χ1n) is 8.34. The molecule has 4 nitrogen and oxygen atoms in total. The summed E-state index contributed by atoms with van der Waals surface area (Å²) in [5, 5.41) is 3.46. The van der Waals surface area contributed by atoms with Crippen LogP contribution >= 0.6 is 0 Å². The Morgan fingerprint density at radius 1 is 1.15 bits per heavy atom. The maximum atomic E-state index is 12.3. The van der Waals surface area contributed by atoms with E-state index in [0.29, 0.717) is 17.9 Å². The first-order chi connectivity index (χ1) is 9.58. The molecule has 2 atom stereocenters. The molecule has 0 radical (unpaired) electrons. The van der Waals surface area contributed by atoms with Gasteiger partial charge in [0.25, 0.3) is 0 Å². The van der Waals surface area contributed by atoms with E-state index in [2.05, 4.69) is 24.1 Å². The van der Waals surface area contributed by atoms with E-state index in [0.717, 1.165) is 19.6 Å². The van der Waals surface area contributed by atoms with E-state index < -0.39 is 0 Å². The first-order valence-corrected chi connectivity index (χ1v) is 8.34. The summed E-state index contributed by atoms with van der Waals surface area (Å²) in [6, 6.07) is 0.619. The van der Waals surface area contributed by atoms with Crippen molar-refractivity contribution in [3.8, 4) is 0 Å². The minimum atomic E-state index is -0.0267.